The highest BCUT2D eigenvalue weighted by atomic mass is 79.9. The largest absolute Gasteiger partial charge is 0.493 e. The first-order valence-electron chi connectivity index (χ1n) is 9.57. The number of unbranched alkanes of at least 4 members (excludes halogenated alkanes) is 1. The van der Waals surface area contributed by atoms with E-state index in [0.29, 0.717) is 33.4 Å². The molecule has 0 saturated heterocycles. The minimum absolute atomic E-state index is 0.187. The Balaban J connectivity index is 1.66. The Kier molecular flexibility index (Phi) is 6.15. The molecule has 0 atom stereocenters. The van der Waals surface area contributed by atoms with Crippen molar-refractivity contribution in [1.82, 2.24) is 14.6 Å². The summed E-state index contributed by atoms with van der Waals surface area (Å²) in [4.78, 5) is 17.9. The first-order chi connectivity index (χ1) is 14.6. The normalized spacial score (nSPS) is 11.9. The highest BCUT2D eigenvalue weighted by Gasteiger charge is 2.12. The van der Waals surface area contributed by atoms with Crippen LogP contribution in [0.2, 0.25) is 0 Å². The molecule has 2 aromatic carbocycles. The number of thiazole rings is 1. The predicted octanol–water partition coefficient (Wildman–Crippen LogP) is 4.32. The van der Waals surface area contributed by atoms with Crippen molar-refractivity contribution < 1.29 is 9.47 Å². The molecule has 0 unspecified atom stereocenters. The SMILES string of the molecule is CCCCOc1ccc(/C=c2/sc3nc(-c4ccc(Br)cc4)nn3c2=O)cc1OC. The minimum atomic E-state index is -0.187. The summed E-state index contributed by atoms with van der Waals surface area (Å²) in [7, 11) is 1.61. The van der Waals surface area contributed by atoms with Crippen molar-refractivity contribution in [2.75, 3.05) is 13.7 Å². The van der Waals surface area contributed by atoms with Gasteiger partial charge >= 0.3 is 0 Å². The van der Waals surface area contributed by atoms with Gasteiger partial charge in [0, 0.05) is 10.0 Å². The predicted molar refractivity (Wildman–Crippen MR) is 122 cm³/mol. The molecule has 0 aliphatic heterocycles. The van der Waals surface area contributed by atoms with E-state index in [2.05, 4.69) is 32.9 Å². The molecule has 0 aliphatic rings. The van der Waals surface area contributed by atoms with Gasteiger partial charge in [0.2, 0.25) is 4.96 Å². The van der Waals surface area contributed by atoms with Crippen LogP contribution in [0.1, 0.15) is 25.3 Å². The maximum Gasteiger partial charge on any atom is 0.291 e. The number of fused-ring (bicyclic) bond motifs is 1. The van der Waals surface area contributed by atoms with Gasteiger partial charge in [-0.3, -0.25) is 4.79 Å². The van der Waals surface area contributed by atoms with E-state index in [1.807, 2.05) is 48.5 Å². The second-order valence-electron chi connectivity index (χ2n) is 6.66. The van der Waals surface area contributed by atoms with E-state index in [4.69, 9.17) is 9.47 Å². The van der Waals surface area contributed by atoms with E-state index >= 15 is 0 Å². The van der Waals surface area contributed by atoms with Gasteiger partial charge in [-0.1, -0.05) is 58.8 Å². The van der Waals surface area contributed by atoms with Crippen molar-refractivity contribution in [1.29, 1.82) is 0 Å². The molecule has 0 radical (unpaired) electrons. The van der Waals surface area contributed by atoms with Crippen LogP contribution in [0.3, 0.4) is 0 Å². The minimum Gasteiger partial charge on any atom is -0.493 e. The molecule has 0 N–H and O–H groups in total. The summed E-state index contributed by atoms with van der Waals surface area (Å²) in [5.74, 6) is 1.88. The van der Waals surface area contributed by atoms with Crippen LogP contribution in [0.4, 0.5) is 0 Å². The third-order valence-electron chi connectivity index (χ3n) is 4.53. The molecular weight excluding hydrogens is 466 g/mol. The first-order valence-corrected chi connectivity index (χ1v) is 11.2. The van der Waals surface area contributed by atoms with E-state index < -0.39 is 0 Å². The van der Waals surface area contributed by atoms with Crippen LogP contribution in [0, 0.1) is 0 Å². The molecule has 0 aliphatic carbocycles. The van der Waals surface area contributed by atoms with Gasteiger partial charge in [-0.05, 0) is 42.3 Å². The fourth-order valence-electron chi connectivity index (χ4n) is 2.93. The smallest absolute Gasteiger partial charge is 0.291 e. The zero-order valence-corrected chi connectivity index (χ0v) is 19.0. The lowest BCUT2D eigenvalue weighted by atomic mass is 10.2. The Labute approximate surface area is 185 Å². The number of methoxy groups -OCH3 is 1. The lowest BCUT2D eigenvalue weighted by Gasteiger charge is -2.10. The van der Waals surface area contributed by atoms with Crippen molar-refractivity contribution in [3.63, 3.8) is 0 Å². The number of hydrogen-bond donors (Lipinski definition) is 0. The number of ether oxygens (including phenoxy) is 2. The number of hydrogen-bond acceptors (Lipinski definition) is 6. The van der Waals surface area contributed by atoms with E-state index in [1.165, 1.54) is 15.9 Å². The van der Waals surface area contributed by atoms with Gasteiger partial charge < -0.3 is 9.47 Å². The molecule has 4 aromatic rings. The molecule has 0 bridgehead atoms. The maximum atomic E-state index is 12.8. The molecule has 0 spiro atoms. The Morgan fingerprint density at radius 3 is 2.67 bits per heavy atom. The van der Waals surface area contributed by atoms with Crippen molar-refractivity contribution in [3.8, 4) is 22.9 Å². The molecule has 2 aromatic heterocycles. The molecular formula is C22H20BrN3O3S. The van der Waals surface area contributed by atoms with E-state index in [-0.39, 0.29) is 5.56 Å². The topological polar surface area (TPSA) is 65.7 Å². The lowest BCUT2D eigenvalue weighted by Crippen LogP contribution is -2.23. The van der Waals surface area contributed by atoms with Crippen LogP contribution in [0.15, 0.2) is 51.7 Å². The number of aromatic nitrogens is 3. The second-order valence-corrected chi connectivity index (χ2v) is 8.59. The van der Waals surface area contributed by atoms with Crippen molar-refractivity contribution in [3.05, 3.63) is 67.4 Å². The fourth-order valence-corrected chi connectivity index (χ4v) is 4.10. The highest BCUT2D eigenvalue weighted by molar-refractivity contribution is 9.10. The fraction of sp³-hybridized carbons (Fsp3) is 0.227. The summed E-state index contributed by atoms with van der Waals surface area (Å²) in [6.45, 7) is 2.77. The van der Waals surface area contributed by atoms with Gasteiger partial charge in [0.25, 0.3) is 5.56 Å². The molecule has 154 valence electrons. The quantitative estimate of drug-likeness (QED) is 0.364. The Morgan fingerprint density at radius 2 is 1.97 bits per heavy atom. The van der Waals surface area contributed by atoms with Crippen LogP contribution < -0.4 is 19.6 Å². The second kappa shape index (κ2) is 8.97. The molecule has 0 amide bonds. The summed E-state index contributed by atoms with van der Waals surface area (Å²) in [6, 6.07) is 13.3. The van der Waals surface area contributed by atoms with E-state index in [0.717, 1.165) is 28.4 Å². The van der Waals surface area contributed by atoms with Crippen molar-refractivity contribution in [2.24, 2.45) is 0 Å². The van der Waals surface area contributed by atoms with Crippen molar-refractivity contribution >= 4 is 38.3 Å². The van der Waals surface area contributed by atoms with Gasteiger partial charge in [0.05, 0.1) is 18.2 Å². The van der Waals surface area contributed by atoms with Crippen LogP contribution in [-0.4, -0.2) is 28.3 Å². The third kappa shape index (κ3) is 4.24. The molecule has 8 heteroatoms. The zero-order valence-electron chi connectivity index (χ0n) is 16.6. The van der Waals surface area contributed by atoms with Gasteiger partial charge in [-0.15, -0.1) is 5.10 Å². The zero-order chi connectivity index (χ0) is 21.1. The maximum absolute atomic E-state index is 12.8. The van der Waals surface area contributed by atoms with E-state index in [1.54, 1.807) is 7.11 Å². The number of rotatable bonds is 7. The van der Waals surface area contributed by atoms with Crippen LogP contribution >= 0.6 is 27.3 Å². The average molecular weight is 486 g/mol. The lowest BCUT2D eigenvalue weighted by molar-refractivity contribution is 0.288. The summed E-state index contributed by atoms with van der Waals surface area (Å²) in [6.07, 6.45) is 3.88. The van der Waals surface area contributed by atoms with Gasteiger partial charge in [-0.2, -0.15) is 9.50 Å². The van der Waals surface area contributed by atoms with Crippen LogP contribution in [0.25, 0.3) is 22.4 Å². The standard InChI is InChI=1S/C22H20BrN3O3S/c1-3-4-11-29-17-10-5-14(12-18(17)28-2)13-19-21(27)26-22(30-19)24-20(25-26)15-6-8-16(23)9-7-15/h5-10,12-13H,3-4,11H2,1-2H3/b19-13+. The highest BCUT2D eigenvalue weighted by Crippen LogP contribution is 2.28. The first kappa shape index (κ1) is 20.6. The van der Waals surface area contributed by atoms with Gasteiger partial charge in [0.15, 0.2) is 17.3 Å². The molecule has 2 heterocycles. The van der Waals surface area contributed by atoms with E-state index in [9.17, 15) is 4.79 Å². The molecule has 4 rings (SSSR count). The molecule has 0 saturated carbocycles. The van der Waals surface area contributed by atoms with Gasteiger partial charge in [-0.25, -0.2) is 0 Å². The van der Waals surface area contributed by atoms with Crippen LogP contribution in [0.5, 0.6) is 11.5 Å². The number of nitrogens with zero attached hydrogens (tertiary/aromatic N) is 3. The summed E-state index contributed by atoms with van der Waals surface area (Å²) >= 11 is 4.72. The Morgan fingerprint density at radius 1 is 1.17 bits per heavy atom. The molecule has 0 fully saturated rings. The number of halogens is 1. The van der Waals surface area contributed by atoms with Crippen LogP contribution in [-0.2, 0) is 0 Å². The van der Waals surface area contributed by atoms with Crippen molar-refractivity contribution in [2.45, 2.75) is 19.8 Å². The molecule has 30 heavy (non-hydrogen) atoms. The summed E-state index contributed by atoms with van der Waals surface area (Å²) in [5, 5.41) is 4.39. The third-order valence-corrected chi connectivity index (χ3v) is 6.01. The summed E-state index contributed by atoms with van der Waals surface area (Å²) < 4.78 is 14.1. The Hall–Kier alpha value is -2.71. The number of benzene rings is 2. The average Bonchev–Trinajstić information content (AvgIpc) is 3.29. The Bertz CT molecular complexity index is 1280. The monoisotopic (exact) mass is 485 g/mol. The molecule has 6 nitrogen and oxygen atoms in total. The van der Waals surface area contributed by atoms with Gasteiger partial charge in [0.1, 0.15) is 0 Å². The summed E-state index contributed by atoms with van der Waals surface area (Å²) in [5.41, 5.74) is 1.53.